The molecular formula is C36H60N10O6. The van der Waals surface area contributed by atoms with Crippen molar-refractivity contribution in [2.24, 2.45) is 0 Å². The Morgan fingerprint density at radius 1 is 0.615 bits per heavy atom. The molecule has 0 fully saturated rings. The summed E-state index contributed by atoms with van der Waals surface area (Å²) in [5, 5.41) is 16.9. The molecule has 16 nitrogen and oxygen atoms in total. The summed E-state index contributed by atoms with van der Waals surface area (Å²) in [4.78, 5) is 78.6. The van der Waals surface area contributed by atoms with Crippen LogP contribution in [0.15, 0.2) is 12.1 Å². The van der Waals surface area contributed by atoms with Crippen molar-refractivity contribution in [1.29, 1.82) is 0 Å². The van der Waals surface area contributed by atoms with Gasteiger partial charge in [0.1, 0.15) is 0 Å². The molecule has 0 saturated carbocycles. The van der Waals surface area contributed by atoms with Crippen molar-refractivity contribution < 1.29 is 28.8 Å². The first-order valence-electron chi connectivity index (χ1n) is 18.5. The van der Waals surface area contributed by atoms with Gasteiger partial charge in [-0.25, -0.2) is 24.1 Å². The van der Waals surface area contributed by atoms with Crippen molar-refractivity contribution in [3.63, 3.8) is 0 Å². The highest BCUT2D eigenvalue weighted by Crippen LogP contribution is 2.11. The van der Waals surface area contributed by atoms with Crippen LogP contribution < -0.4 is 16.0 Å². The molecule has 2 heterocycles. The van der Waals surface area contributed by atoms with E-state index in [1.165, 1.54) is 21.2 Å². The smallest absolute Gasteiger partial charge is 0.342 e. The number of hydrogen-bond donors (Lipinski definition) is 3. The van der Waals surface area contributed by atoms with Crippen LogP contribution in [0, 0.1) is 27.7 Å². The summed E-state index contributed by atoms with van der Waals surface area (Å²) in [6, 6.07) is 2.06. The average molecular weight is 729 g/mol. The molecule has 2 aromatic rings. The maximum Gasteiger partial charge on any atom is 0.342 e. The van der Waals surface area contributed by atoms with Crippen LogP contribution >= 0.6 is 0 Å². The zero-order chi connectivity index (χ0) is 38.5. The Hall–Kier alpha value is -4.76. The van der Waals surface area contributed by atoms with Gasteiger partial charge < -0.3 is 20.9 Å². The Labute approximate surface area is 308 Å². The normalized spacial score (nSPS) is 10.8. The summed E-state index contributed by atoms with van der Waals surface area (Å²) >= 11 is 0. The zero-order valence-corrected chi connectivity index (χ0v) is 32.0. The monoisotopic (exact) mass is 728 g/mol. The largest absolute Gasteiger partial charge is 0.356 e. The lowest BCUT2D eigenvalue weighted by atomic mass is 10.2. The summed E-state index contributed by atoms with van der Waals surface area (Å²) in [7, 11) is 1.66. The fraction of sp³-hybridized carbons (Fsp3) is 0.667. The van der Waals surface area contributed by atoms with Gasteiger partial charge in [0, 0.05) is 64.6 Å². The van der Waals surface area contributed by atoms with E-state index in [-0.39, 0.29) is 31.1 Å². The lowest BCUT2D eigenvalue weighted by Crippen LogP contribution is -2.51. The standard InChI is InChI=1S/C36H60N10O6/c1-28-25-30(3)45(40-28)33(49)38-20-14-7-10-16-22-42(6)35(51)44(24-18-12-9-13-19-37-32(5)48)36(52)43(27-47)23-17-11-8-15-21-39-34(50)46-31(4)26-29(2)41-46/h25-27H,7-24H2,1-6H3,(H,37,48)(H,38,49)(H,39,50). The molecule has 0 saturated heterocycles. The molecule has 2 aromatic heterocycles. The number of unbranched alkanes of at least 4 members (excludes halogenated alkanes) is 9. The van der Waals surface area contributed by atoms with Crippen LogP contribution in [0.1, 0.15) is 107 Å². The van der Waals surface area contributed by atoms with Crippen molar-refractivity contribution in [1.82, 2.24) is 50.2 Å². The second-order valence-corrected chi connectivity index (χ2v) is 13.3. The minimum atomic E-state index is -0.638. The molecule has 0 aliphatic heterocycles. The highest BCUT2D eigenvalue weighted by Gasteiger charge is 2.28. The number of hydrogen-bond acceptors (Lipinski definition) is 8. The number of nitrogens with one attached hydrogen (secondary N) is 3. The van der Waals surface area contributed by atoms with E-state index in [9.17, 15) is 28.8 Å². The molecular weight excluding hydrogens is 668 g/mol. The van der Waals surface area contributed by atoms with Gasteiger partial charge >= 0.3 is 24.1 Å². The number of carbonyl (C=O) groups excluding carboxylic acids is 6. The van der Waals surface area contributed by atoms with Gasteiger partial charge in [-0.3, -0.25) is 14.5 Å². The van der Waals surface area contributed by atoms with E-state index < -0.39 is 12.1 Å². The van der Waals surface area contributed by atoms with Crippen molar-refractivity contribution in [3.8, 4) is 0 Å². The summed E-state index contributed by atoms with van der Waals surface area (Å²) < 4.78 is 2.70. The van der Waals surface area contributed by atoms with Crippen LogP contribution in [-0.2, 0) is 9.59 Å². The summed E-state index contributed by atoms with van der Waals surface area (Å²) in [5.74, 6) is -0.0797. The molecule has 0 bridgehead atoms. The first-order valence-corrected chi connectivity index (χ1v) is 18.5. The molecule has 0 aromatic carbocycles. The van der Waals surface area contributed by atoms with Crippen molar-refractivity contribution in [2.45, 2.75) is 112 Å². The third-order valence-electron chi connectivity index (χ3n) is 8.55. The third-order valence-corrected chi connectivity index (χ3v) is 8.55. The van der Waals surface area contributed by atoms with Gasteiger partial charge in [-0.15, -0.1) is 0 Å². The highest BCUT2D eigenvalue weighted by molar-refractivity contribution is 5.97. The minimum absolute atomic E-state index is 0.0797. The number of nitrogens with zero attached hydrogens (tertiary/aromatic N) is 7. The number of carbonyl (C=O) groups is 6. The molecule has 0 atom stereocenters. The topological polar surface area (TPSA) is 184 Å². The number of amides is 8. The van der Waals surface area contributed by atoms with Crippen molar-refractivity contribution in [2.75, 3.05) is 46.3 Å². The van der Waals surface area contributed by atoms with Crippen molar-refractivity contribution in [3.05, 3.63) is 34.9 Å². The highest BCUT2D eigenvalue weighted by atomic mass is 16.2. The molecule has 290 valence electrons. The fourth-order valence-electron chi connectivity index (χ4n) is 5.73. The van der Waals surface area contributed by atoms with E-state index in [1.807, 2.05) is 39.8 Å². The second kappa shape index (κ2) is 23.7. The Morgan fingerprint density at radius 3 is 1.46 bits per heavy atom. The second-order valence-electron chi connectivity index (χ2n) is 13.3. The minimum Gasteiger partial charge on any atom is -0.356 e. The third kappa shape index (κ3) is 15.6. The van der Waals surface area contributed by atoms with Gasteiger partial charge in [-0.1, -0.05) is 38.5 Å². The number of aryl methyl sites for hydroxylation is 4. The van der Waals surface area contributed by atoms with Gasteiger partial charge in [0.05, 0.1) is 11.4 Å². The van der Waals surface area contributed by atoms with E-state index in [4.69, 9.17) is 0 Å². The predicted molar refractivity (Wildman–Crippen MR) is 198 cm³/mol. The SMILES string of the molecule is CC(=O)NCCCCCCN(C(=O)N(C)CCCCCCNC(=O)n1nc(C)cc1C)C(=O)N(C=O)CCCCCCNC(=O)n1nc(C)cc1C. The first-order chi connectivity index (χ1) is 24.8. The molecule has 0 spiro atoms. The Kier molecular flexibility index (Phi) is 19.8. The maximum absolute atomic E-state index is 13.5. The van der Waals surface area contributed by atoms with Crippen LogP contribution in [-0.4, -0.2) is 117 Å². The Bertz CT molecular complexity index is 1450. The molecule has 8 amide bonds. The fourth-order valence-corrected chi connectivity index (χ4v) is 5.73. The van der Waals surface area contributed by atoms with Crippen LogP contribution in [0.2, 0.25) is 0 Å². The molecule has 3 N–H and O–H groups in total. The van der Waals surface area contributed by atoms with Crippen LogP contribution in [0.25, 0.3) is 0 Å². The van der Waals surface area contributed by atoms with E-state index in [0.717, 1.165) is 96.8 Å². The van der Waals surface area contributed by atoms with E-state index >= 15 is 0 Å². The van der Waals surface area contributed by atoms with Gasteiger partial charge in [0.25, 0.3) is 0 Å². The lowest BCUT2D eigenvalue weighted by Gasteiger charge is -2.30. The molecule has 0 aliphatic rings. The maximum atomic E-state index is 13.5. The lowest BCUT2D eigenvalue weighted by molar-refractivity contribution is -0.119. The van der Waals surface area contributed by atoms with Crippen molar-refractivity contribution >= 4 is 36.4 Å². The predicted octanol–water partition coefficient (Wildman–Crippen LogP) is 4.88. The summed E-state index contributed by atoms with van der Waals surface area (Å²) in [5.41, 5.74) is 3.10. The number of rotatable bonds is 22. The van der Waals surface area contributed by atoms with Gasteiger partial charge in [-0.05, 0) is 78.4 Å². The Morgan fingerprint density at radius 2 is 1.04 bits per heavy atom. The molecule has 16 heteroatoms. The van der Waals surface area contributed by atoms with E-state index in [0.29, 0.717) is 45.4 Å². The van der Waals surface area contributed by atoms with Crippen LogP contribution in [0.3, 0.4) is 0 Å². The quantitative estimate of drug-likeness (QED) is 0.113. The van der Waals surface area contributed by atoms with Crippen LogP contribution in [0.5, 0.6) is 0 Å². The number of aromatic nitrogens is 4. The van der Waals surface area contributed by atoms with Gasteiger partial charge in [0.2, 0.25) is 12.3 Å². The average Bonchev–Trinajstić information content (AvgIpc) is 3.63. The molecule has 0 unspecified atom stereocenters. The molecule has 2 rings (SSSR count). The molecule has 52 heavy (non-hydrogen) atoms. The molecule has 0 radical (unpaired) electrons. The zero-order valence-electron chi connectivity index (χ0n) is 32.0. The number of imide groups is 2. The summed E-state index contributed by atoms with van der Waals surface area (Å²) in [6.45, 7) is 11.2. The summed E-state index contributed by atoms with van der Waals surface area (Å²) in [6.07, 6.45) is 9.46. The van der Waals surface area contributed by atoms with Gasteiger partial charge in [0.15, 0.2) is 0 Å². The molecule has 0 aliphatic carbocycles. The van der Waals surface area contributed by atoms with Gasteiger partial charge in [-0.2, -0.15) is 19.6 Å². The van der Waals surface area contributed by atoms with E-state index in [1.54, 1.807) is 7.05 Å². The Balaban J connectivity index is 1.79. The first kappa shape index (κ1) is 43.4. The van der Waals surface area contributed by atoms with E-state index in [2.05, 4.69) is 26.1 Å². The van der Waals surface area contributed by atoms with Crippen LogP contribution in [0.4, 0.5) is 19.2 Å². The number of urea groups is 2.